The highest BCUT2D eigenvalue weighted by Gasteiger charge is 2.36. The molecule has 12 heteroatoms. The number of aromatic nitrogens is 1. The minimum atomic E-state index is -4.90. The summed E-state index contributed by atoms with van der Waals surface area (Å²) in [6.07, 6.45) is -8.73. The first-order chi connectivity index (χ1) is 11.9. The zero-order chi connectivity index (χ0) is 19.7. The standard InChI is InChI=1S/C15H13F6N3OS.ClH/c1-7(22)12(25)24-13-23-6-11(26-13)4-8-2-9(14(16,17)18)5-10(3-8)15(19,20)21;/h2-3,5-7H,4,22H2,1H3,(H,23,24,25);1H/t7-;/m1./s1. The lowest BCUT2D eigenvalue weighted by Gasteiger charge is -2.13. The monoisotopic (exact) mass is 433 g/mol. The summed E-state index contributed by atoms with van der Waals surface area (Å²) in [6.45, 7) is 1.45. The van der Waals surface area contributed by atoms with E-state index in [4.69, 9.17) is 5.73 Å². The molecule has 0 saturated carbocycles. The van der Waals surface area contributed by atoms with Crippen molar-refractivity contribution < 1.29 is 31.1 Å². The Morgan fingerprint density at radius 2 is 1.67 bits per heavy atom. The quantitative estimate of drug-likeness (QED) is 0.699. The Morgan fingerprint density at radius 1 is 1.15 bits per heavy atom. The van der Waals surface area contributed by atoms with Crippen molar-refractivity contribution in [1.82, 2.24) is 4.98 Å². The van der Waals surface area contributed by atoms with Crippen LogP contribution in [0, 0.1) is 0 Å². The Balaban J connectivity index is 0.00000364. The Morgan fingerprint density at radius 3 is 2.11 bits per heavy atom. The van der Waals surface area contributed by atoms with E-state index in [2.05, 4.69) is 10.3 Å². The first kappa shape index (κ1) is 23.2. The SMILES string of the molecule is C[C@@H](N)C(=O)Nc1ncc(Cc2cc(C(F)(F)F)cc(C(F)(F)F)c2)s1.Cl. The van der Waals surface area contributed by atoms with E-state index in [1.54, 1.807) is 0 Å². The third-order valence-electron chi connectivity index (χ3n) is 3.22. The molecule has 1 aromatic heterocycles. The van der Waals surface area contributed by atoms with Crippen molar-refractivity contribution in [3.8, 4) is 0 Å². The number of anilines is 1. The van der Waals surface area contributed by atoms with E-state index in [9.17, 15) is 31.1 Å². The minimum Gasteiger partial charge on any atom is -0.320 e. The number of carbonyl (C=O) groups is 1. The fourth-order valence-corrected chi connectivity index (χ4v) is 2.84. The van der Waals surface area contributed by atoms with E-state index in [-0.39, 0.29) is 35.6 Å². The summed E-state index contributed by atoms with van der Waals surface area (Å²) < 4.78 is 77.2. The number of rotatable bonds is 4. The number of halogens is 7. The molecule has 1 aromatic carbocycles. The zero-order valence-electron chi connectivity index (χ0n) is 13.6. The molecule has 0 aliphatic heterocycles. The van der Waals surface area contributed by atoms with E-state index < -0.39 is 35.4 Å². The van der Waals surface area contributed by atoms with E-state index in [0.717, 1.165) is 11.3 Å². The highest BCUT2D eigenvalue weighted by atomic mass is 35.5. The van der Waals surface area contributed by atoms with E-state index in [0.29, 0.717) is 17.0 Å². The molecule has 0 spiro atoms. The molecule has 150 valence electrons. The van der Waals surface area contributed by atoms with Crippen LogP contribution < -0.4 is 11.1 Å². The number of benzene rings is 1. The maximum Gasteiger partial charge on any atom is 0.416 e. The lowest BCUT2D eigenvalue weighted by molar-refractivity contribution is -0.143. The molecule has 27 heavy (non-hydrogen) atoms. The van der Waals surface area contributed by atoms with Crippen molar-refractivity contribution in [2.45, 2.75) is 31.7 Å². The fourth-order valence-electron chi connectivity index (χ4n) is 1.99. The predicted molar refractivity (Wildman–Crippen MR) is 90.9 cm³/mol. The lowest BCUT2D eigenvalue weighted by atomic mass is 10.0. The number of nitrogens with two attached hydrogens (primary N) is 1. The van der Waals surface area contributed by atoms with E-state index >= 15 is 0 Å². The number of nitrogens with one attached hydrogen (secondary N) is 1. The minimum absolute atomic E-state index is 0. The van der Waals surface area contributed by atoms with Gasteiger partial charge in [-0.05, 0) is 30.7 Å². The molecule has 1 atom stereocenters. The molecule has 0 fully saturated rings. The molecule has 2 aromatic rings. The summed E-state index contributed by atoms with van der Waals surface area (Å²) in [5, 5.41) is 2.56. The van der Waals surface area contributed by atoms with Crippen molar-refractivity contribution in [1.29, 1.82) is 0 Å². The highest BCUT2D eigenvalue weighted by Crippen LogP contribution is 2.37. The van der Waals surface area contributed by atoms with Gasteiger partial charge in [0.15, 0.2) is 5.13 Å². The van der Waals surface area contributed by atoms with Crippen LogP contribution in [0.3, 0.4) is 0 Å². The molecule has 0 radical (unpaired) electrons. The summed E-state index contributed by atoms with van der Waals surface area (Å²) >= 11 is 0.939. The van der Waals surface area contributed by atoms with Crippen molar-refractivity contribution in [2.24, 2.45) is 5.73 Å². The first-order valence-corrected chi connectivity index (χ1v) is 7.97. The second kappa shape index (κ2) is 8.44. The summed E-state index contributed by atoms with van der Waals surface area (Å²) in [5.74, 6) is -0.510. The van der Waals surface area contributed by atoms with Crippen molar-refractivity contribution >= 4 is 34.8 Å². The van der Waals surface area contributed by atoms with Gasteiger partial charge in [0.2, 0.25) is 5.91 Å². The van der Waals surface area contributed by atoms with Gasteiger partial charge in [0, 0.05) is 17.5 Å². The maximum atomic E-state index is 12.9. The third kappa shape index (κ3) is 6.36. The fraction of sp³-hybridized carbons (Fsp3) is 0.333. The molecule has 2 rings (SSSR count). The van der Waals surface area contributed by atoms with Crippen molar-refractivity contribution in [3.05, 3.63) is 46.0 Å². The number of hydrogen-bond donors (Lipinski definition) is 2. The van der Waals surface area contributed by atoms with Gasteiger partial charge in [-0.15, -0.1) is 23.7 Å². The summed E-state index contributed by atoms with van der Waals surface area (Å²) in [4.78, 5) is 15.7. The largest absolute Gasteiger partial charge is 0.416 e. The summed E-state index contributed by atoms with van der Waals surface area (Å²) in [5.41, 5.74) is 2.46. The van der Waals surface area contributed by atoms with Crippen LogP contribution in [-0.4, -0.2) is 16.9 Å². The first-order valence-electron chi connectivity index (χ1n) is 7.16. The van der Waals surface area contributed by atoms with Crippen LogP contribution in [0.2, 0.25) is 0 Å². The van der Waals surface area contributed by atoms with Gasteiger partial charge in [-0.1, -0.05) is 0 Å². The summed E-state index contributed by atoms with van der Waals surface area (Å²) in [7, 11) is 0. The van der Waals surface area contributed by atoms with Crippen LogP contribution >= 0.6 is 23.7 Å². The van der Waals surface area contributed by atoms with Gasteiger partial charge in [0.05, 0.1) is 17.2 Å². The van der Waals surface area contributed by atoms with Gasteiger partial charge < -0.3 is 11.1 Å². The molecule has 3 N–H and O–H groups in total. The predicted octanol–water partition coefficient (Wildman–Crippen LogP) is 4.48. The van der Waals surface area contributed by atoms with Gasteiger partial charge in [-0.2, -0.15) is 26.3 Å². The van der Waals surface area contributed by atoms with Crippen LogP contribution in [0.5, 0.6) is 0 Å². The Bertz CT molecular complexity index is 771. The van der Waals surface area contributed by atoms with Crippen LogP contribution in [0.15, 0.2) is 24.4 Å². The van der Waals surface area contributed by atoms with Crippen LogP contribution in [0.25, 0.3) is 0 Å². The number of hydrogen-bond acceptors (Lipinski definition) is 4. The van der Waals surface area contributed by atoms with Gasteiger partial charge in [0.1, 0.15) is 0 Å². The van der Waals surface area contributed by atoms with Gasteiger partial charge in [0.25, 0.3) is 0 Å². The third-order valence-corrected chi connectivity index (χ3v) is 4.14. The van der Waals surface area contributed by atoms with Gasteiger partial charge in [-0.3, -0.25) is 4.79 Å². The Hall–Kier alpha value is -1.85. The van der Waals surface area contributed by atoms with Crippen LogP contribution in [0.4, 0.5) is 31.5 Å². The molecular weight excluding hydrogens is 420 g/mol. The molecule has 0 unspecified atom stereocenters. The molecular formula is C15H14ClF6N3OS. The Labute approximate surface area is 160 Å². The average Bonchev–Trinajstić information content (AvgIpc) is 2.92. The molecule has 0 bridgehead atoms. The highest BCUT2D eigenvalue weighted by molar-refractivity contribution is 7.15. The van der Waals surface area contributed by atoms with Gasteiger partial charge in [-0.25, -0.2) is 4.98 Å². The second-order valence-electron chi connectivity index (χ2n) is 5.50. The molecule has 0 saturated heterocycles. The lowest BCUT2D eigenvalue weighted by Crippen LogP contribution is -2.32. The van der Waals surface area contributed by atoms with Crippen molar-refractivity contribution in [2.75, 3.05) is 5.32 Å². The summed E-state index contributed by atoms with van der Waals surface area (Å²) in [6, 6.07) is 0.606. The Kier molecular flexibility index (Phi) is 7.25. The molecule has 0 aliphatic carbocycles. The molecule has 0 aliphatic rings. The smallest absolute Gasteiger partial charge is 0.320 e. The van der Waals surface area contributed by atoms with Gasteiger partial charge >= 0.3 is 12.4 Å². The van der Waals surface area contributed by atoms with Crippen LogP contribution in [-0.2, 0) is 23.6 Å². The topological polar surface area (TPSA) is 68.0 Å². The van der Waals surface area contributed by atoms with Crippen LogP contribution in [0.1, 0.15) is 28.5 Å². The maximum absolute atomic E-state index is 12.9. The molecule has 4 nitrogen and oxygen atoms in total. The zero-order valence-corrected chi connectivity index (χ0v) is 15.2. The normalized spacial score (nSPS) is 13.0. The second-order valence-corrected chi connectivity index (χ2v) is 6.62. The molecule has 1 amide bonds. The average molecular weight is 434 g/mol. The molecule has 1 heterocycles. The number of carbonyl (C=O) groups excluding carboxylic acids is 1. The van der Waals surface area contributed by atoms with E-state index in [1.165, 1.54) is 13.1 Å². The number of nitrogens with zero attached hydrogens (tertiary/aromatic N) is 1. The van der Waals surface area contributed by atoms with E-state index in [1.807, 2.05) is 0 Å². The number of amides is 1. The number of thiazole rings is 1. The van der Waals surface area contributed by atoms with Crippen molar-refractivity contribution in [3.63, 3.8) is 0 Å². The number of alkyl halides is 6.